The molecule has 2 heterocycles. The predicted octanol–water partition coefficient (Wildman–Crippen LogP) is 0.663. The first kappa shape index (κ1) is 21.7. The molecule has 4 aromatic rings. The summed E-state index contributed by atoms with van der Waals surface area (Å²) in [5, 5.41) is 37.3. The number of aromatic carboxylic acids is 1. The van der Waals surface area contributed by atoms with Gasteiger partial charge in [-0.05, 0) is 36.4 Å². The smallest absolute Gasteiger partial charge is 0.279 e. The molecule has 33 heavy (non-hydrogen) atoms. The molecule has 2 aromatic heterocycles. The van der Waals surface area contributed by atoms with Crippen LogP contribution >= 0.6 is 11.6 Å². The van der Waals surface area contributed by atoms with Crippen LogP contribution in [0.1, 0.15) is 16.1 Å². The molecule has 0 aliphatic rings. The summed E-state index contributed by atoms with van der Waals surface area (Å²) >= 11 is 5.84. The maximum absolute atomic E-state index is 12.9. The Kier molecular flexibility index (Phi) is 5.36. The zero-order valence-corrected chi connectivity index (χ0v) is 17.3. The monoisotopic (exact) mass is 465 g/mol. The molecule has 10 nitrogen and oxygen atoms in total. The van der Waals surface area contributed by atoms with Crippen LogP contribution in [0.5, 0.6) is 5.75 Å². The van der Waals surface area contributed by atoms with Crippen molar-refractivity contribution in [2.24, 2.45) is 0 Å². The van der Waals surface area contributed by atoms with Gasteiger partial charge in [-0.2, -0.15) is 0 Å². The van der Waals surface area contributed by atoms with E-state index in [9.17, 15) is 29.9 Å². The van der Waals surface area contributed by atoms with Gasteiger partial charge in [0.2, 0.25) is 0 Å². The highest BCUT2D eigenvalue weighted by molar-refractivity contribution is 6.33. The Morgan fingerprint density at radius 3 is 2.64 bits per heavy atom. The molecule has 4 rings (SSSR count). The highest BCUT2D eigenvalue weighted by Crippen LogP contribution is 2.32. The largest absolute Gasteiger partial charge is 0.872 e. The molecule has 1 N–H and O–H groups in total. The Hall–Kier alpha value is -4.57. The van der Waals surface area contributed by atoms with E-state index in [4.69, 9.17) is 16.0 Å². The summed E-state index contributed by atoms with van der Waals surface area (Å²) < 4.78 is 6.69. The van der Waals surface area contributed by atoms with E-state index in [-0.39, 0.29) is 49.6 Å². The van der Waals surface area contributed by atoms with Crippen molar-refractivity contribution in [3.05, 3.63) is 95.9 Å². The number of nitrogens with zero attached hydrogens (tertiary/aromatic N) is 2. The standard InChI is InChI=1S/C22H14ClN3O7/c1-11-15(21(28)25(24-11)12-2-5-18(23)16(8-12)22(29)30)10-14-4-7-20(33-14)17-9-13(26(31)32)3-6-19(17)27/h2-10,24,27H,1H2,(H,29,30)/p-2/b15-10-. The summed E-state index contributed by atoms with van der Waals surface area (Å²) in [6, 6.07) is 10.2. The molecule has 0 saturated heterocycles. The van der Waals surface area contributed by atoms with Crippen molar-refractivity contribution in [1.82, 2.24) is 9.78 Å². The van der Waals surface area contributed by atoms with Gasteiger partial charge in [-0.15, -0.1) is 0 Å². The number of nitrogens with one attached hydrogen (secondary N) is 1. The summed E-state index contributed by atoms with van der Waals surface area (Å²) in [4.78, 5) is 34.5. The fraction of sp³-hybridized carbons (Fsp3) is 0. The molecule has 0 unspecified atom stereocenters. The fourth-order valence-electron chi connectivity index (χ4n) is 3.18. The average molecular weight is 466 g/mol. The van der Waals surface area contributed by atoms with Gasteiger partial charge in [-0.1, -0.05) is 30.0 Å². The van der Waals surface area contributed by atoms with Crippen molar-refractivity contribution in [3.63, 3.8) is 0 Å². The highest BCUT2D eigenvalue weighted by atomic mass is 35.5. The van der Waals surface area contributed by atoms with Gasteiger partial charge in [-0.25, -0.2) is 4.68 Å². The first-order valence-corrected chi connectivity index (χ1v) is 9.62. The summed E-state index contributed by atoms with van der Waals surface area (Å²) in [5.74, 6) is -1.68. The third kappa shape index (κ3) is 4.02. The number of nitro benzene ring substituents is 1. The molecule has 0 aliphatic heterocycles. The SMILES string of the molecule is C=c1[nH]n(-c2ccc(Cl)c(C(=O)[O-])c2)c(=O)/c1=C\c1ccc(-c2cc([N+](=O)[O-])ccc2[O-])o1. The normalized spacial score (nSPS) is 11.6. The lowest BCUT2D eigenvalue weighted by molar-refractivity contribution is -0.385. The maximum atomic E-state index is 12.9. The summed E-state index contributed by atoms with van der Waals surface area (Å²) in [6.45, 7) is 3.78. The van der Waals surface area contributed by atoms with Crippen LogP contribution in [-0.2, 0) is 0 Å². The zero-order chi connectivity index (χ0) is 23.9. The molecule has 0 aliphatic carbocycles. The van der Waals surface area contributed by atoms with Crippen LogP contribution in [-0.4, -0.2) is 20.7 Å². The minimum Gasteiger partial charge on any atom is -0.872 e. The first-order chi connectivity index (χ1) is 15.7. The minimum absolute atomic E-state index is 0.00107. The van der Waals surface area contributed by atoms with E-state index in [1.54, 1.807) is 0 Å². The Labute approximate surface area is 189 Å². The molecule has 0 amide bonds. The van der Waals surface area contributed by atoms with Crippen LogP contribution < -0.4 is 26.3 Å². The zero-order valence-electron chi connectivity index (χ0n) is 16.5. The molecule has 11 heteroatoms. The van der Waals surface area contributed by atoms with E-state index < -0.39 is 22.2 Å². The number of nitro groups is 1. The van der Waals surface area contributed by atoms with E-state index in [0.717, 1.165) is 22.9 Å². The van der Waals surface area contributed by atoms with Crippen molar-refractivity contribution in [2.75, 3.05) is 0 Å². The Balaban J connectivity index is 1.78. The lowest BCUT2D eigenvalue weighted by Crippen LogP contribution is -2.34. The summed E-state index contributed by atoms with van der Waals surface area (Å²) in [7, 11) is 0. The number of aromatic nitrogens is 2. The van der Waals surface area contributed by atoms with Crippen molar-refractivity contribution < 1.29 is 24.3 Å². The van der Waals surface area contributed by atoms with Crippen LogP contribution in [0.25, 0.3) is 29.7 Å². The number of furan rings is 1. The van der Waals surface area contributed by atoms with Gasteiger partial charge >= 0.3 is 0 Å². The van der Waals surface area contributed by atoms with Crippen LogP contribution in [0, 0.1) is 10.1 Å². The van der Waals surface area contributed by atoms with Gasteiger partial charge < -0.3 is 19.4 Å². The van der Waals surface area contributed by atoms with E-state index in [1.165, 1.54) is 36.4 Å². The van der Waals surface area contributed by atoms with Crippen LogP contribution in [0.3, 0.4) is 0 Å². The van der Waals surface area contributed by atoms with E-state index in [0.29, 0.717) is 0 Å². The first-order valence-electron chi connectivity index (χ1n) is 9.24. The average Bonchev–Trinajstić information content (AvgIpc) is 3.34. The highest BCUT2D eigenvalue weighted by Gasteiger charge is 2.12. The van der Waals surface area contributed by atoms with Crippen molar-refractivity contribution in [1.29, 1.82) is 0 Å². The number of carboxylic acids is 1. The maximum Gasteiger partial charge on any atom is 0.279 e. The molecule has 0 saturated carbocycles. The Morgan fingerprint density at radius 1 is 1.18 bits per heavy atom. The number of carbonyl (C=O) groups is 1. The topological polar surface area (TPSA) is 157 Å². The molecule has 0 bridgehead atoms. The third-order valence-electron chi connectivity index (χ3n) is 4.79. The number of halogens is 1. The molecular formula is C22H12ClN3O7-2. The van der Waals surface area contributed by atoms with Crippen LogP contribution in [0.15, 0.2) is 57.7 Å². The molecular weight excluding hydrogens is 454 g/mol. The van der Waals surface area contributed by atoms with Gasteiger partial charge in [0.05, 0.1) is 27.1 Å². The number of hydrogen-bond acceptors (Lipinski definition) is 7. The quantitative estimate of drug-likeness (QED) is 0.335. The lowest BCUT2D eigenvalue weighted by Gasteiger charge is -2.10. The number of non-ortho nitro benzene ring substituents is 1. The summed E-state index contributed by atoms with van der Waals surface area (Å²) in [5.41, 5.74) is -0.904. The number of carbonyl (C=O) groups excluding carboxylic acids is 1. The molecule has 0 atom stereocenters. The van der Waals surface area contributed by atoms with Gasteiger partial charge in [0.15, 0.2) is 0 Å². The minimum atomic E-state index is -1.50. The second-order valence-electron chi connectivity index (χ2n) is 6.88. The number of hydrogen-bond donors (Lipinski definition) is 1. The number of aromatic amines is 1. The lowest BCUT2D eigenvalue weighted by atomic mass is 10.1. The second kappa shape index (κ2) is 8.17. The molecule has 0 spiro atoms. The van der Waals surface area contributed by atoms with E-state index in [2.05, 4.69) is 11.7 Å². The molecule has 2 aromatic carbocycles. The van der Waals surface area contributed by atoms with E-state index >= 15 is 0 Å². The number of H-pyrrole nitrogens is 1. The van der Waals surface area contributed by atoms with E-state index in [1.807, 2.05) is 0 Å². The van der Waals surface area contributed by atoms with Crippen LogP contribution in [0.2, 0.25) is 5.02 Å². The Morgan fingerprint density at radius 2 is 1.94 bits per heavy atom. The summed E-state index contributed by atoms with van der Waals surface area (Å²) in [6.07, 6.45) is 1.37. The van der Waals surface area contributed by atoms with Crippen molar-refractivity contribution in [2.45, 2.75) is 0 Å². The molecule has 0 fully saturated rings. The second-order valence-corrected chi connectivity index (χ2v) is 7.29. The fourth-order valence-corrected chi connectivity index (χ4v) is 3.37. The van der Waals surface area contributed by atoms with Gasteiger partial charge in [0, 0.05) is 28.3 Å². The number of carboxylic acid groups (broad SMARTS) is 1. The van der Waals surface area contributed by atoms with Crippen LogP contribution in [0.4, 0.5) is 5.69 Å². The Bertz CT molecular complexity index is 1600. The number of benzene rings is 2. The predicted molar refractivity (Wildman–Crippen MR) is 114 cm³/mol. The van der Waals surface area contributed by atoms with Crippen molar-refractivity contribution >= 4 is 35.9 Å². The molecule has 166 valence electrons. The molecule has 0 radical (unpaired) electrons. The number of rotatable bonds is 5. The van der Waals surface area contributed by atoms with Gasteiger partial charge in [0.25, 0.3) is 11.2 Å². The third-order valence-corrected chi connectivity index (χ3v) is 5.12. The van der Waals surface area contributed by atoms with Gasteiger partial charge in [0.1, 0.15) is 11.5 Å². The van der Waals surface area contributed by atoms with Gasteiger partial charge in [-0.3, -0.25) is 20.0 Å². The van der Waals surface area contributed by atoms with Crippen molar-refractivity contribution in [3.8, 4) is 22.8 Å².